The number of sulfonamides is 1. The van der Waals surface area contributed by atoms with E-state index in [9.17, 15) is 13.5 Å². The van der Waals surface area contributed by atoms with Gasteiger partial charge in [0.05, 0.1) is 11.5 Å². The Hall–Kier alpha value is -0.620. The monoisotopic (exact) mass is 331 g/mol. The Balaban J connectivity index is 2.39. The fraction of sp³-hybridized carbons (Fsp3) is 0.600. The highest BCUT2D eigenvalue weighted by atomic mass is 35.5. The molecule has 0 radical (unpaired) electrons. The molecule has 4 nitrogen and oxygen atoms in total. The van der Waals surface area contributed by atoms with Gasteiger partial charge in [-0.3, -0.25) is 0 Å². The summed E-state index contributed by atoms with van der Waals surface area (Å²) in [5.74, 6) is 0. The van der Waals surface area contributed by atoms with Gasteiger partial charge in [-0.1, -0.05) is 31.4 Å². The Labute approximate surface area is 131 Å². The van der Waals surface area contributed by atoms with E-state index in [0.29, 0.717) is 17.1 Å². The number of halogens is 1. The molecule has 1 saturated heterocycles. The maximum Gasteiger partial charge on any atom is 0.243 e. The van der Waals surface area contributed by atoms with E-state index in [4.69, 9.17) is 11.6 Å². The molecule has 1 aliphatic heterocycles. The SMILES string of the molecule is CCC1CCCCCN1S(=O)(=O)c1ccc(Cl)c(CO)c1. The standard InChI is InChI=1S/C15H22ClNO3S/c1-2-13-6-4-3-5-9-17(13)21(19,20)14-7-8-15(16)12(10-14)11-18/h7-8,10,13,18H,2-6,9,11H2,1H3. The second-order valence-corrected chi connectivity index (χ2v) is 7.74. The lowest BCUT2D eigenvalue weighted by Crippen LogP contribution is -2.39. The summed E-state index contributed by atoms with van der Waals surface area (Å²) < 4.78 is 27.4. The molecule has 1 atom stereocenters. The zero-order valence-corrected chi connectivity index (χ0v) is 13.8. The normalized spacial score (nSPS) is 21.2. The average Bonchev–Trinajstić information content (AvgIpc) is 2.73. The second-order valence-electron chi connectivity index (χ2n) is 5.44. The summed E-state index contributed by atoms with van der Waals surface area (Å²) >= 11 is 5.95. The predicted octanol–water partition coefficient (Wildman–Crippen LogP) is 3.18. The van der Waals surface area contributed by atoms with E-state index in [1.165, 1.54) is 12.1 Å². The van der Waals surface area contributed by atoms with Gasteiger partial charge >= 0.3 is 0 Å². The quantitative estimate of drug-likeness (QED) is 0.921. The molecule has 6 heteroatoms. The van der Waals surface area contributed by atoms with Crippen LogP contribution >= 0.6 is 11.6 Å². The van der Waals surface area contributed by atoms with Crippen molar-refractivity contribution < 1.29 is 13.5 Å². The van der Waals surface area contributed by atoms with Crippen LogP contribution in [-0.2, 0) is 16.6 Å². The zero-order chi connectivity index (χ0) is 15.5. The maximum atomic E-state index is 12.9. The summed E-state index contributed by atoms with van der Waals surface area (Å²) in [6.45, 7) is 2.33. The molecule has 0 bridgehead atoms. The first-order chi connectivity index (χ1) is 10.0. The van der Waals surface area contributed by atoms with E-state index in [1.807, 2.05) is 6.92 Å². The second kappa shape index (κ2) is 7.09. The molecule has 0 amide bonds. The molecule has 118 valence electrons. The van der Waals surface area contributed by atoms with E-state index in [1.54, 1.807) is 10.4 Å². The van der Waals surface area contributed by atoms with Crippen molar-refractivity contribution in [1.82, 2.24) is 4.31 Å². The number of hydrogen-bond acceptors (Lipinski definition) is 3. The smallest absolute Gasteiger partial charge is 0.243 e. The first-order valence-corrected chi connectivity index (χ1v) is 9.23. The fourth-order valence-corrected chi connectivity index (χ4v) is 4.84. The van der Waals surface area contributed by atoms with Crippen molar-refractivity contribution in [3.8, 4) is 0 Å². The molecule has 1 heterocycles. The molecule has 1 aliphatic rings. The van der Waals surface area contributed by atoms with Crippen LogP contribution in [0.5, 0.6) is 0 Å². The van der Waals surface area contributed by atoms with Crippen LogP contribution in [0.2, 0.25) is 5.02 Å². The molecule has 1 unspecified atom stereocenters. The van der Waals surface area contributed by atoms with Crippen molar-refractivity contribution in [3.05, 3.63) is 28.8 Å². The molecule has 1 N–H and O–H groups in total. The lowest BCUT2D eigenvalue weighted by Gasteiger charge is -2.28. The number of aliphatic hydroxyl groups excluding tert-OH is 1. The van der Waals surface area contributed by atoms with Gasteiger partial charge in [0.1, 0.15) is 0 Å². The van der Waals surface area contributed by atoms with E-state index in [0.717, 1.165) is 32.1 Å². The van der Waals surface area contributed by atoms with E-state index >= 15 is 0 Å². The van der Waals surface area contributed by atoms with Crippen molar-refractivity contribution in [2.75, 3.05) is 6.54 Å². The first-order valence-electron chi connectivity index (χ1n) is 7.41. The third-order valence-corrected chi connectivity index (χ3v) is 6.41. The van der Waals surface area contributed by atoms with E-state index in [-0.39, 0.29) is 17.5 Å². The van der Waals surface area contributed by atoms with Crippen molar-refractivity contribution in [1.29, 1.82) is 0 Å². The highest BCUT2D eigenvalue weighted by Crippen LogP contribution is 2.28. The summed E-state index contributed by atoms with van der Waals surface area (Å²) in [6.07, 6.45) is 4.78. The van der Waals surface area contributed by atoms with Gasteiger partial charge in [0.25, 0.3) is 0 Å². The molecule has 0 aliphatic carbocycles. The minimum absolute atomic E-state index is 0.0609. The van der Waals surface area contributed by atoms with Gasteiger partial charge in [0.2, 0.25) is 10.0 Å². The Morgan fingerprint density at radius 2 is 2.10 bits per heavy atom. The highest BCUT2D eigenvalue weighted by Gasteiger charge is 2.31. The molecule has 1 aromatic rings. The van der Waals surface area contributed by atoms with Crippen LogP contribution in [0, 0.1) is 0 Å². The summed E-state index contributed by atoms with van der Waals surface area (Å²) in [4.78, 5) is 0.219. The summed E-state index contributed by atoms with van der Waals surface area (Å²) in [5.41, 5.74) is 0.445. The van der Waals surface area contributed by atoms with Crippen molar-refractivity contribution in [2.24, 2.45) is 0 Å². The van der Waals surface area contributed by atoms with Gasteiger partial charge in [0.15, 0.2) is 0 Å². The number of aliphatic hydroxyl groups is 1. The number of rotatable bonds is 4. The molecular formula is C15H22ClNO3S. The van der Waals surface area contributed by atoms with E-state index < -0.39 is 10.0 Å². The van der Waals surface area contributed by atoms with Crippen LogP contribution < -0.4 is 0 Å². The molecule has 0 aromatic heterocycles. The van der Waals surface area contributed by atoms with Crippen LogP contribution in [0.25, 0.3) is 0 Å². The third-order valence-electron chi connectivity index (χ3n) is 4.09. The minimum atomic E-state index is -3.53. The van der Waals surface area contributed by atoms with Crippen LogP contribution in [0.4, 0.5) is 0 Å². The Morgan fingerprint density at radius 3 is 2.76 bits per heavy atom. The van der Waals surface area contributed by atoms with Crippen molar-refractivity contribution >= 4 is 21.6 Å². The maximum absolute atomic E-state index is 12.9. The fourth-order valence-electron chi connectivity index (χ4n) is 2.84. The average molecular weight is 332 g/mol. The predicted molar refractivity (Wildman–Crippen MR) is 83.8 cm³/mol. The largest absolute Gasteiger partial charge is 0.392 e. The molecule has 0 spiro atoms. The summed E-state index contributed by atoms with van der Waals surface area (Å²) in [6, 6.07) is 4.61. The Kier molecular flexibility index (Phi) is 5.66. The van der Waals surface area contributed by atoms with Crippen molar-refractivity contribution in [3.63, 3.8) is 0 Å². The zero-order valence-electron chi connectivity index (χ0n) is 12.3. The highest BCUT2D eigenvalue weighted by molar-refractivity contribution is 7.89. The summed E-state index contributed by atoms with van der Waals surface area (Å²) in [7, 11) is -3.53. The number of nitrogens with zero attached hydrogens (tertiary/aromatic N) is 1. The minimum Gasteiger partial charge on any atom is -0.392 e. The number of hydrogen-bond donors (Lipinski definition) is 1. The molecule has 1 fully saturated rings. The van der Waals surface area contributed by atoms with E-state index in [2.05, 4.69) is 0 Å². The molecular weight excluding hydrogens is 310 g/mol. The Morgan fingerprint density at radius 1 is 1.33 bits per heavy atom. The molecule has 1 aromatic carbocycles. The van der Waals surface area contributed by atoms with Gasteiger partial charge < -0.3 is 5.11 Å². The van der Waals surface area contributed by atoms with Gasteiger partial charge in [-0.25, -0.2) is 8.42 Å². The third kappa shape index (κ3) is 3.59. The molecule has 21 heavy (non-hydrogen) atoms. The van der Waals surface area contributed by atoms with Gasteiger partial charge in [0, 0.05) is 17.6 Å². The molecule has 0 saturated carbocycles. The van der Waals surface area contributed by atoms with Crippen LogP contribution in [0.15, 0.2) is 23.1 Å². The lowest BCUT2D eigenvalue weighted by atomic mass is 10.1. The lowest BCUT2D eigenvalue weighted by molar-refractivity contribution is 0.281. The first kappa shape index (κ1) is 16.7. The topological polar surface area (TPSA) is 57.6 Å². The van der Waals surface area contributed by atoms with Crippen LogP contribution in [-0.4, -0.2) is 30.4 Å². The van der Waals surface area contributed by atoms with Crippen LogP contribution in [0.3, 0.4) is 0 Å². The van der Waals surface area contributed by atoms with Gasteiger partial charge in [-0.05, 0) is 43.0 Å². The van der Waals surface area contributed by atoms with Crippen LogP contribution in [0.1, 0.15) is 44.6 Å². The Bertz CT molecular complexity index is 589. The van der Waals surface area contributed by atoms with Gasteiger partial charge in [-0.15, -0.1) is 0 Å². The summed E-state index contributed by atoms with van der Waals surface area (Å²) in [5, 5.41) is 9.66. The number of benzene rings is 1. The van der Waals surface area contributed by atoms with Crippen molar-refractivity contribution in [2.45, 2.75) is 56.6 Å². The molecule has 2 rings (SSSR count). The van der Waals surface area contributed by atoms with Gasteiger partial charge in [-0.2, -0.15) is 4.31 Å².